The van der Waals surface area contributed by atoms with Crippen LogP contribution < -0.4 is 11.5 Å². The molecule has 0 spiro atoms. The van der Waals surface area contributed by atoms with Crippen molar-refractivity contribution in [3.05, 3.63) is 18.2 Å². The van der Waals surface area contributed by atoms with Crippen molar-refractivity contribution in [3.8, 4) is 0 Å². The van der Waals surface area contributed by atoms with Crippen LogP contribution >= 0.6 is 0 Å². The average Bonchev–Trinajstić information content (AvgIpc) is 2.51. The molecule has 14 heavy (non-hydrogen) atoms. The van der Waals surface area contributed by atoms with Gasteiger partial charge in [-0.15, -0.1) is 0 Å². The largest absolute Gasteiger partial charge is 0.332 e. The normalized spacial score (nSPS) is 13.5. The Balaban J connectivity index is 2.68. The van der Waals surface area contributed by atoms with E-state index in [9.17, 15) is 0 Å². The molecule has 4 N–H and O–H groups in total. The number of hydrogen-bond donors (Lipinski definition) is 2. The molecule has 0 saturated carbocycles. The highest BCUT2D eigenvalue weighted by Gasteiger charge is 2.12. The molecule has 0 aliphatic carbocycles. The van der Waals surface area contributed by atoms with Crippen LogP contribution in [0.1, 0.15) is 32.0 Å². The van der Waals surface area contributed by atoms with Gasteiger partial charge in [0.25, 0.3) is 0 Å². The predicted octanol–water partition coefficient (Wildman–Crippen LogP) is 0.888. The number of nitrogens with two attached hydrogens (primary N) is 2. The van der Waals surface area contributed by atoms with Crippen molar-refractivity contribution in [2.24, 2.45) is 17.4 Å². The first kappa shape index (κ1) is 11.2. The Hall–Kier alpha value is -0.870. The Morgan fingerprint density at radius 3 is 2.79 bits per heavy atom. The zero-order valence-corrected chi connectivity index (χ0v) is 8.98. The zero-order valence-electron chi connectivity index (χ0n) is 8.98. The van der Waals surface area contributed by atoms with Gasteiger partial charge in [0.2, 0.25) is 0 Å². The SMILES string of the molecule is CC(C)CC(N)c1cncn1CCN. The van der Waals surface area contributed by atoms with Crippen molar-refractivity contribution in [1.29, 1.82) is 0 Å². The fourth-order valence-corrected chi connectivity index (χ4v) is 1.59. The Bertz CT molecular complexity index is 267. The maximum atomic E-state index is 6.07. The first-order valence-corrected chi connectivity index (χ1v) is 5.10. The summed E-state index contributed by atoms with van der Waals surface area (Å²) in [4.78, 5) is 4.10. The van der Waals surface area contributed by atoms with E-state index in [1.54, 1.807) is 6.33 Å². The molecular formula is C10H20N4. The second-order valence-corrected chi connectivity index (χ2v) is 4.04. The lowest BCUT2D eigenvalue weighted by Gasteiger charge is -2.15. The third-order valence-electron chi connectivity index (χ3n) is 2.22. The summed E-state index contributed by atoms with van der Waals surface area (Å²) in [5.41, 5.74) is 12.7. The molecular weight excluding hydrogens is 176 g/mol. The molecule has 1 unspecified atom stereocenters. The maximum Gasteiger partial charge on any atom is 0.0949 e. The molecule has 0 aliphatic heterocycles. The van der Waals surface area contributed by atoms with Gasteiger partial charge in [0.15, 0.2) is 0 Å². The average molecular weight is 196 g/mol. The summed E-state index contributed by atoms with van der Waals surface area (Å²) in [5, 5.41) is 0. The zero-order chi connectivity index (χ0) is 10.6. The molecule has 80 valence electrons. The van der Waals surface area contributed by atoms with Crippen molar-refractivity contribution in [1.82, 2.24) is 9.55 Å². The van der Waals surface area contributed by atoms with E-state index in [-0.39, 0.29) is 6.04 Å². The van der Waals surface area contributed by atoms with Gasteiger partial charge in [-0.05, 0) is 12.3 Å². The number of imidazole rings is 1. The van der Waals surface area contributed by atoms with Gasteiger partial charge in [-0.1, -0.05) is 13.8 Å². The van der Waals surface area contributed by atoms with Crippen molar-refractivity contribution in [2.75, 3.05) is 6.54 Å². The molecule has 0 fully saturated rings. The van der Waals surface area contributed by atoms with Crippen LogP contribution in [-0.2, 0) is 6.54 Å². The van der Waals surface area contributed by atoms with E-state index < -0.39 is 0 Å². The van der Waals surface area contributed by atoms with Gasteiger partial charge in [-0.25, -0.2) is 4.98 Å². The van der Waals surface area contributed by atoms with Gasteiger partial charge in [-0.3, -0.25) is 0 Å². The minimum absolute atomic E-state index is 0.0732. The van der Waals surface area contributed by atoms with Crippen LogP contribution in [0.2, 0.25) is 0 Å². The number of aromatic nitrogens is 2. The first-order valence-electron chi connectivity index (χ1n) is 5.10. The van der Waals surface area contributed by atoms with Crippen molar-refractivity contribution in [2.45, 2.75) is 32.9 Å². The second kappa shape index (κ2) is 5.12. The van der Waals surface area contributed by atoms with Crippen LogP contribution in [0.3, 0.4) is 0 Å². The number of nitrogens with zero attached hydrogens (tertiary/aromatic N) is 2. The minimum Gasteiger partial charge on any atom is -0.332 e. The van der Waals surface area contributed by atoms with Crippen LogP contribution in [0.5, 0.6) is 0 Å². The monoisotopic (exact) mass is 196 g/mol. The Morgan fingerprint density at radius 1 is 1.50 bits per heavy atom. The molecule has 1 rings (SSSR count). The van der Waals surface area contributed by atoms with E-state index >= 15 is 0 Å². The lowest BCUT2D eigenvalue weighted by Crippen LogP contribution is -2.19. The summed E-state index contributed by atoms with van der Waals surface area (Å²) >= 11 is 0. The quantitative estimate of drug-likeness (QED) is 0.734. The Kier molecular flexibility index (Phi) is 4.10. The number of hydrogen-bond acceptors (Lipinski definition) is 3. The van der Waals surface area contributed by atoms with E-state index in [0.29, 0.717) is 12.5 Å². The summed E-state index contributed by atoms with van der Waals surface area (Å²) in [5.74, 6) is 0.603. The first-order chi connectivity index (χ1) is 6.65. The van der Waals surface area contributed by atoms with Crippen LogP contribution in [0.25, 0.3) is 0 Å². The van der Waals surface area contributed by atoms with Crippen LogP contribution in [-0.4, -0.2) is 16.1 Å². The molecule has 0 aliphatic rings. The van der Waals surface area contributed by atoms with E-state index in [4.69, 9.17) is 11.5 Å². The highest BCUT2D eigenvalue weighted by atomic mass is 15.1. The third-order valence-corrected chi connectivity index (χ3v) is 2.22. The van der Waals surface area contributed by atoms with Crippen molar-refractivity contribution < 1.29 is 0 Å². The van der Waals surface area contributed by atoms with Crippen LogP contribution in [0, 0.1) is 5.92 Å². The van der Waals surface area contributed by atoms with E-state index in [1.165, 1.54) is 0 Å². The fraction of sp³-hybridized carbons (Fsp3) is 0.700. The summed E-state index contributed by atoms with van der Waals surface area (Å²) in [6, 6.07) is 0.0732. The van der Waals surface area contributed by atoms with E-state index in [2.05, 4.69) is 18.8 Å². The molecule has 0 radical (unpaired) electrons. The highest BCUT2D eigenvalue weighted by molar-refractivity contribution is 5.04. The van der Waals surface area contributed by atoms with Crippen molar-refractivity contribution >= 4 is 0 Å². The lowest BCUT2D eigenvalue weighted by atomic mass is 10.0. The predicted molar refractivity (Wildman–Crippen MR) is 57.7 cm³/mol. The molecule has 0 bridgehead atoms. The Labute approximate surface area is 85.3 Å². The molecule has 0 saturated heterocycles. The summed E-state index contributed by atoms with van der Waals surface area (Å²) < 4.78 is 2.03. The minimum atomic E-state index is 0.0732. The summed E-state index contributed by atoms with van der Waals surface area (Å²) in [6.45, 7) is 5.76. The lowest BCUT2D eigenvalue weighted by molar-refractivity contribution is 0.484. The second-order valence-electron chi connectivity index (χ2n) is 4.04. The summed E-state index contributed by atoms with van der Waals surface area (Å²) in [7, 11) is 0. The van der Waals surface area contributed by atoms with Gasteiger partial charge in [-0.2, -0.15) is 0 Å². The topological polar surface area (TPSA) is 69.9 Å². The van der Waals surface area contributed by atoms with Crippen molar-refractivity contribution in [3.63, 3.8) is 0 Å². The molecule has 1 heterocycles. The van der Waals surface area contributed by atoms with Gasteiger partial charge in [0, 0.05) is 25.3 Å². The summed E-state index contributed by atoms with van der Waals surface area (Å²) in [6.07, 6.45) is 4.61. The van der Waals surface area contributed by atoms with Gasteiger partial charge in [0.05, 0.1) is 12.0 Å². The van der Waals surface area contributed by atoms with E-state index in [1.807, 2.05) is 10.8 Å². The van der Waals surface area contributed by atoms with Crippen LogP contribution in [0.4, 0.5) is 0 Å². The molecule has 1 atom stereocenters. The molecule has 4 nitrogen and oxygen atoms in total. The molecule has 0 aromatic carbocycles. The third kappa shape index (κ3) is 2.82. The molecule has 1 aromatic rings. The molecule has 4 heteroatoms. The van der Waals surface area contributed by atoms with Gasteiger partial charge < -0.3 is 16.0 Å². The fourth-order valence-electron chi connectivity index (χ4n) is 1.59. The molecule has 1 aromatic heterocycles. The van der Waals surface area contributed by atoms with Gasteiger partial charge >= 0.3 is 0 Å². The smallest absolute Gasteiger partial charge is 0.0949 e. The maximum absolute atomic E-state index is 6.07. The van der Waals surface area contributed by atoms with E-state index in [0.717, 1.165) is 18.7 Å². The standard InChI is InChI=1S/C10H20N4/c1-8(2)5-9(12)10-6-13-7-14(10)4-3-11/h6-9H,3-5,11-12H2,1-2H3. The van der Waals surface area contributed by atoms with Gasteiger partial charge in [0.1, 0.15) is 0 Å². The molecule has 0 amide bonds. The Morgan fingerprint density at radius 2 is 2.21 bits per heavy atom. The van der Waals surface area contributed by atoms with Crippen LogP contribution in [0.15, 0.2) is 12.5 Å². The number of rotatable bonds is 5. The highest BCUT2D eigenvalue weighted by Crippen LogP contribution is 2.17.